The summed E-state index contributed by atoms with van der Waals surface area (Å²) < 4.78 is 6.40. The second-order valence-electron chi connectivity index (χ2n) is 5.86. The van der Waals surface area contributed by atoms with Crippen molar-refractivity contribution in [3.05, 3.63) is 76.4 Å². The summed E-state index contributed by atoms with van der Waals surface area (Å²) in [7, 11) is 0. The van der Waals surface area contributed by atoms with E-state index < -0.39 is 0 Å². The van der Waals surface area contributed by atoms with Crippen molar-refractivity contribution < 1.29 is 4.74 Å². The molecule has 0 unspecified atom stereocenters. The van der Waals surface area contributed by atoms with Gasteiger partial charge in [0.25, 0.3) is 0 Å². The molecule has 1 aliphatic carbocycles. The van der Waals surface area contributed by atoms with Crippen LogP contribution in [0.15, 0.2) is 54.1 Å². The van der Waals surface area contributed by atoms with Crippen molar-refractivity contribution >= 4 is 5.57 Å². The van der Waals surface area contributed by atoms with Gasteiger partial charge in [-0.2, -0.15) is 0 Å². The Hall–Kier alpha value is -1.86. The van der Waals surface area contributed by atoms with Crippen LogP contribution in [-0.2, 0) is 23.4 Å². The van der Waals surface area contributed by atoms with Gasteiger partial charge >= 0.3 is 0 Å². The van der Waals surface area contributed by atoms with Gasteiger partial charge in [-0.15, -0.1) is 0 Å². The van der Waals surface area contributed by atoms with E-state index in [1.165, 1.54) is 33.4 Å². The van der Waals surface area contributed by atoms with E-state index in [1.54, 1.807) is 0 Å². The number of fused-ring (bicyclic) bond motifs is 3. The minimum atomic E-state index is -0.241. The summed E-state index contributed by atoms with van der Waals surface area (Å²) in [6.07, 6.45) is 0.948. The van der Waals surface area contributed by atoms with Crippen LogP contribution in [0, 0.1) is 0 Å². The van der Waals surface area contributed by atoms with E-state index in [1.807, 2.05) is 0 Å². The van der Waals surface area contributed by atoms with Crippen molar-refractivity contribution in [3.63, 3.8) is 0 Å². The molecule has 1 heterocycles. The van der Waals surface area contributed by atoms with Crippen LogP contribution in [0.3, 0.4) is 0 Å². The average molecular weight is 262 g/mol. The van der Waals surface area contributed by atoms with Gasteiger partial charge < -0.3 is 4.74 Å². The molecule has 1 atom stereocenters. The van der Waals surface area contributed by atoms with E-state index in [0.29, 0.717) is 6.61 Å². The highest BCUT2D eigenvalue weighted by Crippen LogP contribution is 2.51. The Kier molecular flexibility index (Phi) is 2.42. The number of rotatable bonds is 0. The second-order valence-corrected chi connectivity index (χ2v) is 5.86. The Morgan fingerprint density at radius 1 is 0.900 bits per heavy atom. The monoisotopic (exact) mass is 262 g/mol. The van der Waals surface area contributed by atoms with Crippen molar-refractivity contribution in [1.82, 2.24) is 0 Å². The van der Waals surface area contributed by atoms with Gasteiger partial charge in [-0.1, -0.05) is 48.5 Å². The summed E-state index contributed by atoms with van der Waals surface area (Å²) in [6.45, 7) is 5.14. The number of benzene rings is 2. The quantitative estimate of drug-likeness (QED) is 0.681. The highest BCUT2D eigenvalue weighted by atomic mass is 16.5. The molecule has 0 amide bonds. The Morgan fingerprint density at radius 2 is 1.60 bits per heavy atom. The minimum Gasteiger partial charge on any atom is -0.361 e. The maximum atomic E-state index is 6.40. The lowest BCUT2D eigenvalue weighted by Gasteiger charge is -2.37. The van der Waals surface area contributed by atoms with Gasteiger partial charge in [-0.3, -0.25) is 0 Å². The van der Waals surface area contributed by atoms with Crippen molar-refractivity contribution in [2.24, 2.45) is 0 Å². The Labute approximate surface area is 119 Å². The third-order valence-corrected chi connectivity index (χ3v) is 4.97. The van der Waals surface area contributed by atoms with E-state index >= 15 is 0 Å². The zero-order valence-corrected chi connectivity index (χ0v) is 11.9. The van der Waals surface area contributed by atoms with Crippen molar-refractivity contribution in [2.75, 3.05) is 0 Å². The third kappa shape index (κ3) is 1.41. The van der Waals surface area contributed by atoms with Gasteiger partial charge in [0.2, 0.25) is 0 Å². The first kappa shape index (κ1) is 11.9. The summed E-state index contributed by atoms with van der Waals surface area (Å²) in [6, 6.07) is 17.3. The fourth-order valence-electron chi connectivity index (χ4n) is 3.67. The van der Waals surface area contributed by atoms with Crippen LogP contribution in [0.2, 0.25) is 0 Å². The van der Waals surface area contributed by atoms with Gasteiger partial charge in [0.05, 0.1) is 6.61 Å². The fourth-order valence-corrected chi connectivity index (χ4v) is 3.67. The summed E-state index contributed by atoms with van der Waals surface area (Å²) >= 11 is 0. The summed E-state index contributed by atoms with van der Waals surface area (Å²) in [5.41, 5.74) is 7.94. The summed E-state index contributed by atoms with van der Waals surface area (Å²) in [4.78, 5) is 0. The van der Waals surface area contributed by atoms with Crippen molar-refractivity contribution in [1.29, 1.82) is 0 Å². The molecule has 1 heteroatoms. The highest BCUT2D eigenvalue weighted by Gasteiger charge is 2.45. The highest BCUT2D eigenvalue weighted by molar-refractivity contribution is 5.78. The second kappa shape index (κ2) is 4.07. The summed E-state index contributed by atoms with van der Waals surface area (Å²) in [5.74, 6) is 0. The zero-order chi connectivity index (χ0) is 13.7. The van der Waals surface area contributed by atoms with E-state index in [0.717, 1.165) is 6.42 Å². The molecular formula is C19H18O. The predicted octanol–water partition coefficient (Wildman–Crippen LogP) is 4.46. The molecule has 0 saturated carbocycles. The van der Waals surface area contributed by atoms with Crippen LogP contribution in [0.1, 0.15) is 36.1 Å². The van der Waals surface area contributed by atoms with Gasteiger partial charge in [0.15, 0.2) is 0 Å². The van der Waals surface area contributed by atoms with Gasteiger partial charge in [0, 0.05) is 6.42 Å². The number of allylic oxidation sites excluding steroid dienone is 1. The fraction of sp³-hybridized carbons (Fsp3) is 0.263. The Morgan fingerprint density at radius 3 is 2.45 bits per heavy atom. The Balaban J connectivity index is 1.91. The number of hydrogen-bond acceptors (Lipinski definition) is 1. The van der Waals surface area contributed by atoms with Crippen molar-refractivity contribution in [2.45, 2.75) is 32.5 Å². The topological polar surface area (TPSA) is 9.23 Å². The molecule has 0 saturated heterocycles. The van der Waals surface area contributed by atoms with Gasteiger partial charge in [-0.05, 0) is 47.2 Å². The molecule has 100 valence electrons. The molecule has 1 aliphatic heterocycles. The maximum Gasteiger partial charge on any atom is 0.119 e. The first-order valence-corrected chi connectivity index (χ1v) is 7.21. The van der Waals surface area contributed by atoms with E-state index in [2.05, 4.69) is 62.4 Å². The molecule has 20 heavy (non-hydrogen) atoms. The maximum absolute atomic E-state index is 6.40. The first-order valence-electron chi connectivity index (χ1n) is 7.21. The lowest BCUT2D eigenvalue weighted by atomic mass is 9.81. The van der Waals surface area contributed by atoms with Crippen LogP contribution in [0.25, 0.3) is 5.57 Å². The Bertz CT molecular complexity index is 726. The first-order chi connectivity index (χ1) is 9.72. The average Bonchev–Trinajstić information content (AvgIpc) is 2.71. The molecule has 0 fully saturated rings. The standard InChI is InChI=1S/C19H18O/c1-13-14(2)19(18-10-6-5-9-17(13)18)11-15-7-3-4-8-16(15)12-20-19/h3-10H,11-12H2,1-2H3/t19-/m0/s1. The lowest BCUT2D eigenvalue weighted by Crippen LogP contribution is -2.35. The van der Waals surface area contributed by atoms with E-state index in [4.69, 9.17) is 4.74 Å². The largest absolute Gasteiger partial charge is 0.361 e. The molecule has 0 radical (unpaired) electrons. The van der Waals surface area contributed by atoms with Crippen LogP contribution in [0.4, 0.5) is 0 Å². The minimum absolute atomic E-state index is 0.241. The van der Waals surface area contributed by atoms with Crippen LogP contribution in [-0.4, -0.2) is 0 Å². The van der Waals surface area contributed by atoms with Crippen molar-refractivity contribution in [3.8, 4) is 0 Å². The van der Waals surface area contributed by atoms with Crippen LogP contribution < -0.4 is 0 Å². The van der Waals surface area contributed by atoms with Gasteiger partial charge in [-0.25, -0.2) is 0 Å². The molecule has 1 nitrogen and oxygen atoms in total. The molecule has 0 bridgehead atoms. The van der Waals surface area contributed by atoms with E-state index in [-0.39, 0.29) is 5.60 Å². The number of ether oxygens (including phenoxy) is 1. The van der Waals surface area contributed by atoms with Gasteiger partial charge in [0.1, 0.15) is 5.60 Å². The normalized spacial score (nSPS) is 23.9. The molecule has 1 spiro atoms. The van der Waals surface area contributed by atoms with Crippen LogP contribution >= 0.6 is 0 Å². The summed E-state index contributed by atoms with van der Waals surface area (Å²) in [5, 5.41) is 0. The smallest absolute Gasteiger partial charge is 0.119 e. The predicted molar refractivity (Wildman–Crippen MR) is 81.3 cm³/mol. The van der Waals surface area contributed by atoms with E-state index in [9.17, 15) is 0 Å². The number of hydrogen-bond donors (Lipinski definition) is 0. The molecule has 0 aromatic heterocycles. The molecule has 0 N–H and O–H groups in total. The molecular weight excluding hydrogens is 244 g/mol. The van der Waals surface area contributed by atoms with Crippen LogP contribution in [0.5, 0.6) is 0 Å². The lowest BCUT2D eigenvalue weighted by molar-refractivity contribution is -0.0425. The third-order valence-electron chi connectivity index (χ3n) is 4.97. The SMILES string of the molecule is CC1=C(C)[C@@]2(Cc3ccccc3CO2)c2ccccc21. The molecule has 2 aromatic rings. The molecule has 4 rings (SSSR count). The molecule has 2 aliphatic rings. The molecule has 2 aromatic carbocycles. The zero-order valence-electron chi connectivity index (χ0n) is 11.9.